The maximum absolute atomic E-state index is 11.3. The van der Waals surface area contributed by atoms with E-state index in [9.17, 15) is 4.79 Å². The average molecular weight is 216 g/mol. The van der Waals surface area contributed by atoms with Crippen molar-refractivity contribution in [2.75, 3.05) is 0 Å². The molecule has 2 atom stereocenters. The SMILES string of the molecule is CC1=CCC2=C(C)C[C@@H]3OC(=O)C=C3C[C@@H]12. The Bertz CT molecular complexity index is 451. The van der Waals surface area contributed by atoms with Gasteiger partial charge in [-0.1, -0.05) is 22.8 Å². The van der Waals surface area contributed by atoms with Crippen molar-refractivity contribution >= 4 is 5.97 Å². The van der Waals surface area contributed by atoms with E-state index in [1.807, 2.05) is 0 Å². The number of carbonyl (C=O) groups excluding carboxylic acids is 1. The quantitative estimate of drug-likeness (QED) is 0.459. The van der Waals surface area contributed by atoms with Crippen molar-refractivity contribution in [2.45, 2.75) is 39.2 Å². The molecule has 2 aliphatic carbocycles. The number of fused-ring (bicyclic) bond motifs is 2. The highest BCUT2D eigenvalue weighted by atomic mass is 16.5. The first kappa shape index (κ1) is 9.88. The molecule has 0 fully saturated rings. The van der Waals surface area contributed by atoms with E-state index in [-0.39, 0.29) is 12.1 Å². The molecule has 0 radical (unpaired) electrons. The third-order valence-electron chi connectivity index (χ3n) is 4.07. The molecule has 2 heteroatoms. The summed E-state index contributed by atoms with van der Waals surface area (Å²) in [6.07, 6.45) is 7.01. The summed E-state index contributed by atoms with van der Waals surface area (Å²) in [5, 5.41) is 0. The van der Waals surface area contributed by atoms with Gasteiger partial charge in [0.25, 0.3) is 0 Å². The van der Waals surface area contributed by atoms with Gasteiger partial charge in [0.15, 0.2) is 0 Å². The lowest BCUT2D eigenvalue weighted by molar-refractivity contribution is -0.138. The van der Waals surface area contributed by atoms with Crippen LogP contribution < -0.4 is 0 Å². The number of carbonyl (C=O) groups is 1. The molecular formula is C14H16O2. The minimum atomic E-state index is -0.157. The summed E-state index contributed by atoms with van der Waals surface area (Å²) in [4.78, 5) is 11.3. The number of hydrogen-bond donors (Lipinski definition) is 0. The van der Waals surface area contributed by atoms with Crippen molar-refractivity contribution in [3.05, 3.63) is 34.4 Å². The maximum atomic E-state index is 11.3. The van der Waals surface area contributed by atoms with Crippen LogP contribution in [0.2, 0.25) is 0 Å². The van der Waals surface area contributed by atoms with Gasteiger partial charge in [-0.15, -0.1) is 0 Å². The Hall–Kier alpha value is -1.31. The molecule has 0 aromatic rings. The van der Waals surface area contributed by atoms with Crippen LogP contribution in [0, 0.1) is 5.92 Å². The third kappa shape index (κ3) is 1.36. The molecule has 84 valence electrons. The average Bonchev–Trinajstić information content (AvgIpc) is 2.70. The van der Waals surface area contributed by atoms with Crippen LogP contribution in [0.5, 0.6) is 0 Å². The monoisotopic (exact) mass is 216 g/mol. The van der Waals surface area contributed by atoms with Gasteiger partial charge in [-0.3, -0.25) is 0 Å². The maximum Gasteiger partial charge on any atom is 0.331 e. The highest BCUT2D eigenvalue weighted by molar-refractivity contribution is 5.86. The summed E-state index contributed by atoms with van der Waals surface area (Å²) in [5.41, 5.74) is 5.62. The van der Waals surface area contributed by atoms with Crippen molar-refractivity contribution in [3.8, 4) is 0 Å². The number of esters is 1. The van der Waals surface area contributed by atoms with Gasteiger partial charge < -0.3 is 4.74 Å². The zero-order chi connectivity index (χ0) is 11.3. The first-order valence-electron chi connectivity index (χ1n) is 5.91. The van der Waals surface area contributed by atoms with Crippen molar-refractivity contribution in [2.24, 2.45) is 5.92 Å². The van der Waals surface area contributed by atoms with Gasteiger partial charge >= 0.3 is 5.97 Å². The van der Waals surface area contributed by atoms with Crippen LogP contribution in [0.3, 0.4) is 0 Å². The van der Waals surface area contributed by atoms with Gasteiger partial charge in [-0.05, 0) is 32.3 Å². The van der Waals surface area contributed by atoms with Crippen LogP contribution in [0.25, 0.3) is 0 Å². The fraction of sp³-hybridized carbons (Fsp3) is 0.500. The third-order valence-corrected chi connectivity index (χ3v) is 4.07. The van der Waals surface area contributed by atoms with Crippen LogP contribution in [0.4, 0.5) is 0 Å². The van der Waals surface area contributed by atoms with Gasteiger partial charge in [0.1, 0.15) is 6.10 Å². The molecule has 2 nitrogen and oxygen atoms in total. The normalized spacial score (nSPS) is 32.8. The van der Waals surface area contributed by atoms with E-state index in [0.29, 0.717) is 5.92 Å². The molecule has 0 bridgehead atoms. The summed E-state index contributed by atoms with van der Waals surface area (Å²) in [6.45, 7) is 4.38. The van der Waals surface area contributed by atoms with E-state index in [4.69, 9.17) is 4.74 Å². The van der Waals surface area contributed by atoms with E-state index in [1.54, 1.807) is 11.6 Å². The Kier molecular flexibility index (Phi) is 2.06. The smallest absolute Gasteiger partial charge is 0.331 e. The number of allylic oxidation sites excluding steroid dienone is 3. The molecule has 0 aromatic carbocycles. The molecule has 3 aliphatic rings. The Morgan fingerprint density at radius 2 is 2.12 bits per heavy atom. The number of hydrogen-bond acceptors (Lipinski definition) is 2. The predicted octanol–water partition coefficient (Wildman–Crippen LogP) is 2.91. The summed E-state index contributed by atoms with van der Waals surface area (Å²) < 4.78 is 5.33. The topological polar surface area (TPSA) is 26.3 Å². The van der Waals surface area contributed by atoms with Crippen LogP contribution in [0.1, 0.15) is 33.1 Å². The summed E-state index contributed by atoms with van der Waals surface area (Å²) in [5.74, 6) is 0.377. The molecule has 16 heavy (non-hydrogen) atoms. The van der Waals surface area contributed by atoms with Crippen LogP contribution in [0.15, 0.2) is 34.4 Å². The Morgan fingerprint density at radius 3 is 2.94 bits per heavy atom. The first-order chi connectivity index (χ1) is 7.65. The van der Waals surface area contributed by atoms with Gasteiger partial charge in [0.05, 0.1) is 0 Å². The predicted molar refractivity (Wildman–Crippen MR) is 61.8 cm³/mol. The molecule has 0 saturated carbocycles. The van der Waals surface area contributed by atoms with Gasteiger partial charge in [-0.25, -0.2) is 4.79 Å². The van der Waals surface area contributed by atoms with Crippen molar-refractivity contribution in [3.63, 3.8) is 0 Å². The van der Waals surface area contributed by atoms with Gasteiger partial charge in [-0.2, -0.15) is 0 Å². The lowest BCUT2D eigenvalue weighted by Gasteiger charge is -2.14. The number of rotatable bonds is 0. The second kappa shape index (κ2) is 3.34. The van der Waals surface area contributed by atoms with Crippen molar-refractivity contribution in [1.29, 1.82) is 0 Å². The van der Waals surface area contributed by atoms with Crippen LogP contribution >= 0.6 is 0 Å². The lowest BCUT2D eigenvalue weighted by Crippen LogP contribution is -2.11. The van der Waals surface area contributed by atoms with Crippen LogP contribution in [-0.2, 0) is 9.53 Å². The molecule has 3 rings (SSSR count). The molecule has 0 spiro atoms. The molecular weight excluding hydrogens is 200 g/mol. The molecule has 0 unspecified atom stereocenters. The zero-order valence-corrected chi connectivity index (χ0v) is 9.75. The van der Waals surface area contributed by atoms with Gasteiger partial charge in [0.2, 0.25) is 0 Å². The van der Waals surface area contributed by atoms with E-state index in [0.717, 1.165) is 19.3 Å². The number of ether oxygens (including phenoxy) is 1. The Balaban J connectivity index is 1.99. The molecule has 0 amide bonds. The Labute approximate surface area is 95.7 Å². The van der Waals surface area contributed by atoms with E-state index >= 15 is 0 Å². The van der Waals surface area contributed by atoms with E-state index in [1.165, 1.54) is 16.7 Å². The standard InChI is InChI=1S/C14H16O2/c1-8-3-4-11-9(2)5-13-10(6-12(8)11)7-14(15)16-13/h3,7,12-13H,4-6H2,1-2H3/t12-,13-/m0/s1. The summed E-state index contributed by atoms with van der Waals surface area (Å²) >= 11 is 0. The second-order valence-corrected chi connectivity index (χ2v) is 5.06. The second-order valence-electron chi connectivity index (χ2n) is 5.06. The van der Waals surface area contributed by atoms with E-state index < -0.39 is 0 Å². The van der Waals surface area contributed by atoms with E-state index in [2.05, 4.69) is 19.9 Å². The zero-order valence-electron chi connectivity index (χ0n) is 9.75. The fourth-order valence-electron chi connectivity index (χ4n) is 3.09. The highest BCUT2D eigenvalue weighted by Crippen LogP contribution is 2.43. The largest absolute Gasteiger partial charge is 0.454 e. The molecule has 1 heterocycles. The summed E-state index contributed by atoms with van der Waals surface area (Å²) in [6, 6.07) is 0. The summed E-state index contributed by atoms with van der Waals surface area (Å²) in [7, 11) is 0. The molecule has 0 aromatic heterocycles. The first-order valence-corrected chi connectivity index (χ1v) is 5.91. The Morgan fingerprint density at radius 1 is 1.31 bits per heavy atom. The minimum absolute atomic E-state index is 0.0263. The van der Waals surface area contributed by atoms with Gasteiger partial charge in [0, 0.05) is 18.4 Å². The fourth-order valence-corrected chi connectivity index (χ4v) is 3.09. The van der Waals surface area contributed by atoms with Crippen molar-refractivity contribution < 1.29 is 9.53 Å². The molecule has 0 N–H and O–H groups in total. The van der Waals surface area contributed by atoms with Crippen LogP contribution in [-0.4, -0.2) is 12.1 Å². The van der Waals surface area contributed by atoms with Crippen molar-refractivity contribution in [1.82, 2.24) is 0 Å². The minimum Gasteiger partial charge on any atom is -0.454 e. The molecule has 0 saturated heterocycles. The molecule has 1 aliphatic heterocycles. The highest BCUT2D eigenvalue weighted by Gasteiger charge is 2.35. The lowest BCUT2D eigenvalue weighted by atomic mass is 9.90.